The lowest BCUT2D eigenvalue weighted by Gasteiger charge is -2.21. The van der Waals surface area contributed by atoms with Gasteiger partial charge in [0.15, 0.2) is 0 Å². The number of fused-ring (bicyclic) bond motifs is 1. The average Bonchev–Trinajstić information content (AvgIpc) is 2.89. The van der Waals surface area contributed by atoms with E-state index in [4.69, 9.17) is 0 Å². The van der Waals surface area contributed by atoms with E-state index in [0.717, 1.165) is 5.56 Å². The molecule has 1 aromatic carbocycles. The number of nitrogens with zero attached hydrogens (tertiary/aromatic N) is 1. The van der Waals surface area contributed by atoms with E-state index >= 15 is 0 Å². The normalized spacial score (nSPS) is 21.6. The van der Waals surface area contributed by atoms with Crippen molar-refractivity contribution < 1.29 is 8.42 Å². The van der Waals surface area contributed by atoms with Gasteiger partial charge >= 0.3 is 0 Å². The predicted octanol–water partition coefficient (Wildman–Crippen LogP) is 3.28. The van der Waals surface area contributed by atoms with Crippen LogP contribution in [0, 0.1) is 12.3 Å². The molecule has 2 aliphatic rings. The zero-order valence-corrected chi connectivity index (χ0v) is 13.8. The Hall–Kier alpha value is -1.39. The van der Waals surface area contributed by atoms with Crippen molar-refractivity contribution in [2.24, 2.45) is 5.41 Å². The van der Waals surface area contributed by atoms with Crippen LogP contribution in [0.5, 0.6) is 0 Å². The van der Waals surface area contributed by atoms with Gasteiger partial charge in [0.1, 0.15) is 0 Å². The van der Waals surface area contributed by atoms with Crippen molar-refractivity contribution >= 4 is 10.0 Å². The minimum Gasteiger partial charge on any atom is -0.207 e. The molecule has 4 heteroatoms. The highest BCUT2D eigenvalue weighted by Gasteiger charge is 2.39. The third-order valence-corrected chi connectivity index (χ3v) is 6.49. The molecule has 21 heavy (non-hydrogen) atoms. The number of hydrogen-bond donors (Lipinski definition) is 0. The second kappa shape index (κ2) is 4.55. The topological polar surface area (TPSA) is 37.4 Å². The van der Waals surface area contributed by atoms with Crippen molar-refractivity contribution in [1.29, 1.82) is 0 Å². The van der Waals surface area contributed by atoms with Gasteiger partial charge in [0.2, 0.25) is 10.0 Å². The number of rotatable bonds is 2. The molecule has 0 amide bonds. The second-order valence-electron chi connectivity index (χ2n) is 6.58. The summed E-state index contributed by atoms with van der Waals surface area (Å²) in [4.78, 5) is 0.381. The summed E-state index contributed by atoms with van der Waals surface area (Å²) >= 11 is 0. The van der Waals surface area contributed by atoms with Gasteiger partial charge < -0.3 is 0 Å². The highest BCUT2D eigenvalue weighted by atomic mass is 32.2. The monoisotopic (exact) mass is 303 g/mol. The zero-order chi connectivity index (χ0) is 15.4. The van der Waals surface area contributed by atoms with Crippen LogP contribution in [-0.2, 0) is 10.0 Å². The molecule has 0 radical (unpaired) electrons. The average molecular weight is 303 g/mol. The van der Waals surface area contributed by atoms with Crippen molar-refractivity contribution in [1.82, 2.24) is 4.31 Å². The van der Waals surface area contributed by atoms with Crippen LogP contribution < -0.4 is 0 Å². The number of hydrogen-bond acceptors (Lipinski definition) is 2. The van der Waals surface area contributed by atoms with E-state index in [1.54, 1.807) is 16.4 Å². The Morgan fingerprint density at radius 1 is 1.05 bits per heavy atom. The molecule has 1 aromatic rings. The van der Waals surface area contributed by atoms with Crippen LogP contribution in [0.1, 0.15) is 26.3 Å². The Balaban J connectivity index is 1.93. The SMILES string of the molecule is CC1=C2CN(S(=O)(=O)c3ccc(C)cc3)CC2=CC1(C)C. The van der Waals surface area contributed by atoms with Gasteiger partial charge in [-0.2, -0.15) is 4.31 Å². The van der Waals surface area contributed by atoms with Gasteiger partial charge in [0.05, 0.1) is 4.90 Å². The van der Waals surface area contributed by atoms with Gasteiger partial charge in [0, 0.05) is 18.5 Å². The molecule has 1 saturated heterocycles. The molecule has 0 unspecified atom stereocenters. The van der Waals surface area contributed by atoms with Gasteiger partial charge in [-0.25, -0.2) is 8.42 Å². The highest BCUT2D eigenvalue weighted by molar-refractivity contribution is 7.89. The van der Waals surface area contributed by atoms with Crippen LogP contribution in [0.3, 0.4) is 0 Å². The molecule has 0 atom stereocenters. The molecule has 0 spiro atoms. The van der Waals surface area contributed by atoms with Crippen molar-refractivity contribution in [2.75, 3.05) is 13.1 Å². The molecule has 3 nitrogen and oxygen atoms in total. The largest absolute Gasteiger partial charge is 0.243 e. The van der Waals surface area contributed by atoms with Crippen molar-refractivity contribution in [3.63, 3.8) is 0 Å². The minimum atomic E-state index is -3.40. The summed E-state index contributed by atoms with van der Waals surface area (Å²) in [5.41, 5.74) is 4.79. The summed E-state index contributed by atoms with van der Waals surface area (Å²) in [7, 11) is -3.40. The molecule has 3 rings (SSSR count). The minimum absolute atomic E-state index is 0.0599. The molecule has 112 valence electrons. The standard InChI is InChI=1S/C17H21NO2S/c1-12-5-7-15(8-6-12)21(19,20)18-10-14-9-17(3,4)13(2)16(14)11-18/h5-9H,10-11H2,1-4H3. The smallest absolute Gasteiger partial charge is 0.207 e. The molecule has 1 aliphatic carbocycles. The molecule has 1 heterocycles. The number of sulfonamides is 1. The third-order valence-electron chi connectivity index (χ3n) is 4.68. The Bertz CT molecular complexity index is 752. The van der Waals surface area contributed by atoms with E-state index in [2.05, 4.69) is 26.8 Å². The van der Waals surface area contributed by atoms with Crippen LogP contribution in [0.25, 0.3) is 0 Å². The predicted molar refractivity (Wildman–Crippen MR) is 84.5 cm³/mol. The first-order valence-electron chi connectivity index (χ1n) is 7.21. The van der Waals surface area contributed by atoms with E-state index in [9.17, 15) is 8.42 Å². The summed E-state index contributed by atoms with van der Waals surface area (Å²) in [5.74, 6) is 0. The van der Waals surface area contributed by atoms with Crippen LogP contribution in [0.15, 0.2) is 52.0 Å². The summed E-state index contributed by atoms with van der Waals surface area (Å²) in [6, 6.07) is 7.07. The van der Waals surface area contributed by atoms with Crippen LogP contribution in [-0.4, -0.2) is 25.8 Å². The molecule has 1 aliphatic heterocycles. The first kappa shape index (κ1) is 14.5. The molecule has 0 aromatic heterocycles. The second-order valence-corrected chi connectivity index (χ2v) is 8.52. The van der Waals surface area contributed by atoms with Gasteiger partial charge in [-0.05, 0) is 37.1 Å². The molecule has 0 saturated carbocycles. The van der Waals surface area contributed by atoms with Crippen molar-refractivity contribution in [2.45, 2.75) is 32.6 Å². The molecule has 1 fully saturated rings. The quantitative estimate of drug-likeness (QED) is 0.841. The van der Waals surface area contributed by atoms with Gasteiger partial charge in [0.25, 0.3) is 0 Å². The third kappa shape index (κ3) is 2.27. The maximum atomic E-state index is 12.7. The maximum Gasteiger partial charge on any atom is 0.243 e. The summed E-state index contributed by atoms with van der Waals surface area (Å²) in [6.07, 6.45) is 2.21. The van der Waals surface area contributed by atoms with E-state index in [0.29, 0.717) is 18.0 Å². The highest BCUT2D eigenvalue weighted by Crippen LogP contribution is 2.44. The van der Waals surface area contributed by atoms with Gasteiger partial charge in [-0.3, -0.25) is 0 Å². The molecule has 0 N–H and O–H groups in total. The maximum absolute atomic E-state index is 12.7. The van der Waals surface area contributed by atoms with E-state index in [1.807, 2.05) is 19.1 Å². The Labute approximate surface area is 127 Å². The lowest BCUT2D eigenvalue weighted by Crippen LogP contribution is -2.29. The summed E-state index contributed by atoms with van der Waals surface area (Å²) in [5, 5.41) is 0. The summed E-state index contributed by atoms with van der Waals surface area (Å²) in [6.45, 7) is 9.42. The van der Waals surface area contributed by atoms with Crippen molar-refractivity contribution in [3.05, 3.63) is 52.6 Å². The van der Waals surface area contributed by atoms with E-state index < -0.39 is 10.0 Å². The Morgan fingerprint density at radius 3 is 2.24 bits per heavy atom. The Kier molecular flexibility index (Phi) is 3.15. The van der Waals surface area contributed by atoms with Gasteiger partial charge in [-0.1, -0.05) is 43.2 Å². The number of aryl methyl sites for hydroxylation is 1. The first-order chi connectivity index (χ1) is 9.72. The molecule has 0 bridgehead atoms. The van der Waals surface area contributed by atoms with Crippen LogP contribution in [0.2, 0.25) is 0 Å². The lowest BCUT2D eigenvalue weighted by molar-refractivity contribution is 0.482. The molecular weight excluding hydrogens is 282 g/mol. The fourth-order valence-corrected chi connectivity index (χ4v) is 4.46. The van der Waals surface area contributed by atoms with E-state index in [1.165, 1.54) is 16.7 Å². The fraction of sp³-hybridized carbons (Fsp3) is 0.412. The number of benzene rings is 1. The first-order valence-corrected chi connectivity index (χ1v) is 8.65. The fourth-order valence-electron chi connectivity index (χ4n) is 3.07. The lowest BCUT2D eigenvalue weighted by atomic mass is 9.87. The Morgan fingerprint density at radius 2 is 1.67 bits per heavy atom. The van der Waals surface area contributed by atoms with Crippen LogP contribution in [0.4, 0.5) is 0 Å². The number of allylic oxidation sites excluding steroid dienone is 2. The van der Waals surface area contributed by atoms with Gasteiger partial charge in [-0.15, -0.1) is 0 Å². The zero-order valence-electron chi connectivity index (χ0n) is 13.0. The molecular formula is C17H21NO2S. The van der Waals surface area contributed by atoms with Crippen LogP contribution >= 0.6 is 0 Å². The van der Waals surface area contributed by atoms with Crippen molar-refractivity contribution in [3.8, 4) is 0 Å². The van der Waals surface area contributed by atoms with E-state index in [-0.39, 0.29) is 5.41 Å². The summed E-state index contributed by atoms with van der Waals surface area (Å²) < 4.78 is 27.0.